The molecule has 2 aromatic rings. The Bertz CT molecular complexity index is 965. The lowest BCUT2D eigenvalue weighted by molar-refractivity contribution is -0.133. The molecule has 1 atom stereocenters. The van der Waals surface area contributed by atoms with Crippen LogP contribution in [0, 0.1) is 23.0 Å². The van der Waals surface area contributed by atoms with E-state index in [1.807, 2.05) is 6.07 Å². The van der Waals surface area contributed by atoms with Gasteiger partial charge in [-0.1, -0.05) is 12.6 Å². The zero-order valence-corrected chi connectivity index (χ0v) is 15.4. The molecule has 0 aliphatic carbocycles. The van der Waals surface area contributed by atoms with Crippen LogP contribution in [0.4, 0.5) is 8.78 Å². The van der Waals surface area contributed by atoms with E-state index in [0.717, 1.165) is 17.1 Å². The third kappa shape index (κ3) is 4.79. The van der Waals surface area contributed by atoms with E-state index in [0.29, 0.717) is 12.0 Å². The van der Waals surface area contributed by atoms with E-state index in [4.69, 9.17) is 10.00 Å². The molecule has 0 fully saturated rings. The number of nitriles is 1. The van der Waals surface area contributed by atoms with Crippen LogP contribution in [0.2, 0.25) is 0 Å². The summed E-state index contributed by atoms with van der Waals surface area (Å²) in [5.74, 6) is -1.55. The van der Waals surface area contributed by atoms with Crippen LogP contribution in [-0.2, 0) is 4.79 Å². The molecule has 1 amide bonds. The number of ether oxygens (including phenoxy) is 1. The van der Waals surface area contributed by atoms with Crippen molar-refractivity contribution in [1.29, 1.82) is 5.26 Å². The summed E-state index contributed by atoms with van der Waals surface area (Å²) < 4.78 is 33.5. The van der Waals surface area contributed by atoms with Crippen molar-refractivity contribution in [1.82, 2.24) is 15.0 Å². The maximum atomic E-state index is 14.1. The van der Waals surface area contributed by atoms with Gasteiger partial charge in [0.15, 0.2) is 5.69 Å². The summed E-state index contributed by atoms with van der Waals surface area (Å²) >= 11 is 0. The zero-order valence-electron chi connectivity index (χ0n) is 15.4. The molecule has 29 heavy (non-hydrogen) atoms. The maximum Gasteiger partial charge on any atom is 0.243 e. The zero-order chi connectivity index (χ0) is 20.8. The summed E-state index contributed by atoms with van der Waals surface area (Å²) in [5, 5.41) is 13.8. The Morgan fingerprint density at radius 1 is 1.28 bits per heavy atom. The highest BCUT2D eigenvalue weighted by atomic mass is 19.1. The first-order valence-corrected chi connectivity index (χ1v) is 8.79. The topological polar surface area (TPSA) is 91.5 Å². The number of carbonyl (C=O) groups is 1. The Balaban J connectivity index is 1.53. The van der Waals surface area contributed by atoms with Gasteiger partial charge < -0.3 is 4.74 Å². The molecule has 0 radical (unpaired) electrons. The van der Waals surface area contributed by atoms with Crippen molar-refractivity contribution in [3.8, 4) is 11.9 Å². The number of amides is 1. The number of hydrogen-bond acceptors (Lipinski definition) is 6. The van der Waals surface area contributed by atoms with Crippen molar-refractivity contribution in [2.45, 2.75) is 25.3 Å². The molecule has 7 nitrogen and oxygen atoms in total. The summed E-state index contributed by atoms with van der Waals surface area (Å²) in [4.78, 5) is 20.3. The average Bonchev–Trinajstić information content (AvgIpc) is 3.20. The number of halogens is 2. The van der Waals surface area contributed by atoms with Crippen molar-refractivity contribution in [3.05, 3.63) is 65.6 Å². The van der Waals surface area contributed by atoms with Gasteiger partial charge in [-0.2, -0.15) is 10.4 Å². The van der Waals surface area contributed by atoms with Gasteiger partial charge in [0, 0.05) is 24.6 Å². The van der Waals surface area contributed by atoms with E-state index in [1.54, 1.807) is 0 Å². The number of nitrogens with zero attached hydrogens (tertiary/aromatic N) is 5. The van der Waals surface area contributed by atoms with E-state index in [-0.39, 0.29) is 42.5 Å². The molecule has 0 spiro atoms. The molecule has 0 bridgehead atoms. The van der Waals surface area contributed by atoms with Crippen molar-refractivity contribution < 1.29 is 18.3 Å². The Morgan fingerprint density at radius 2 is 2.03 bits per heavy atom. The molecule has 1 aliphatic rings. The summed E-state index contributed by atoms with van der Waals surface area (Å²) in [7, 11) is 0. The van der Waals surface area contributed by atoms with E-state index >= 15 is 0 Å². The van der Waals surface area contributed by atoms with Crippen LogP contribution in [0.3, 0.4) is 0 Å². The lowest BCUT2D eigenvalue weighted by Crippen LogP contribution is -2.28. The Labute approximate surface area is 166 Å². The summed E-state index contributed by atoms with van der Waals surface area (Å²) in [6, 6.07) is 4.64. The Morgan fingerprint density at radius 3 is 2.69 bits per heavy atom. The van der Waals surface area contributed by atoms with Crippen LogP contribution >= 0.6 is 0 Å². The van der Waals surface area contributed by atoms with Crippen LogP contribution in [0.15, 0.2) is 47.8 Å². The summed E-state index contributed by atoms with van der Waals surface area (Å²) in [6.45, 7) is 3.97. The fourth-order valence-electron chi connectivity index (χ4n) is 2.82. The highest BCUT2D eigenvalue weighted by Gasteiger charge is 2.32. The molecular formula is C20H17F2N5O2. The molecule has 9 heteroatoms. The summed E-state index contributed by atoms with van der Waals surface area (Å²) in [6.07, 6.45) is 4.69. The van der Waals surface area contributed by atoms with Crippen molar-refractivity contribution in [2.75, 3.05) is 6.61 Å². The molecule has 1 aromatic heterocycles. The van der Waals surface area contributed by atoms with E-state index < -0.39 is 17.7 Å². The van der Waals surface area contributed by atoms with Crippen molar-refractivity contribution >= 4 is 12.1 Å². The number of rotatable bonds is 7. The van der Waals surface area contributed by atoms with Gasteiger partial charge in [0.1, 0.15) is 24.3 Å². The molecule has 0 N–H and O–H groups in total. The summed E-state index contributed by atoms with van der Waals surface area (Å²) in [5.41, 5.74) is 0.634. The van der Waals surface area contributed by atoms with Crippen LogP contribution < -0.4 is 4.74 Å². The van der Waals surface area contributed by atoms with E-state index in [9.17, 15) is 13.6 Å². The van der Waals surface area contributed by atoms with E-state index in [1.165, 1.54) is 24.7 Å². The fraction of sp³-hybridized carbons (Fsp3) is 0.250. The second kappa shape index (κ2) is 9.01. The Hall–Kier alpha value is -3.67. The largest absolute Gasteiger partial charge is 0.472 e. The SMILES string of the molecule is C=C(CCC(=O)N1N=CCC1c1c(F)cccc1F)COc1cnc(C#N)cn1. The minimum Gasteiger partial charge on any atom is -0.472 e. The predicted molar refractivity (Wildman–Crippen MR) is 99.7 cm³/mol. The standard InChI is InChI=1S/C20H17F2N5O2/c1-13(12-29-18-11-24-14(9-23)10-25-18)5-6-19(28)27-17(7-8-26-27)20-15(21)3-2-4-16(20)22/h2-4,8,10-11,17H,1,5-7,12H2. The van der Waals surface area contributed by atoms with Crippen molar-refractivity contribution in [2.24, 2.45) is 5.10 Å². The second-order valence-corrected chi connectivity index (χ2v) is 6.31. The molecule has 1 aliphatic heterocycles. The molecule has 2 heterocycles. The van der Waals surface area contributed by atoms with Gasteiger partial charge in [-0.3, -0.25) is 4.79 Å². The van der Waals surface area contributed by atoms with Crippen LogP contribution in [0.1, 0.15) is 36.6 Å². The molecule has 1 aromatic carbocycles. The number of hydrazone groups is 1. The number of carbonyl (C=O) groups excluding carboxylic acids is 1. The smallest absolute Gasteiger partial charge is 0.243 e. The second-order valence-electron chi connectivity index (χ2n) is 6.31. The maximum absolute atomic E-state index is 14.1. The van der Waals surface area contributed by atoms with Crippen LogP contribution in [-0.4, -0.2) is 33.7 Å². The molecule has 3 rings (SSSR count). The first kappa shape index (κ1) is 20.1. The highest BCUT2D eigenvalue weighted by molar-refractivity contribution is 5.80. The predicted octanol–water partition coefficient (Wildman–Crippen LogP) is 3.30. The monoisotopic (exact) mass is 397 g/mol. The minimum atomic E-state index is -0.804. The molecule has 0 saturated heterocycles. The molecule has 0 saturated carbocycles. The van der Waals surface area contributed by atoms with Gasteiger partial charge in [-0.25, -0.2) is 23.8 Å². The first-order chi connectivity index (χ1) is 14.0. The Kier molecular flexibility index (Phi) is 6.24. The third-order valence-corrected chi connectivity index (χ3v) is 4.28. The van der Waals surface area contributed by atoms with Gasteiger partial charge in [-0.15, -0.1) is 0 Å². The first-order valence-electron chi connectivity index (χ1n) is 8.79. The van der Waals surface area contributed by atoms with Gasteiger partial charge in [0.2, 0.25) is 11.8 Å². The molecular weight excluding hydrogens is 380 g/mol. The lowest BCUT2D eigenvalue weighted by Gasteiger charge is -2.23. The quantitative estimate of drug-likeness (QED) is 0.669. The van der Waals surface area contributed by atoms with E-state index in [2.05, 4.69) is 21.6 Å². The fourth-order valence-corrected chi connectivity index (χ4v) is 2.82. The number of benzene rings is 1. The van der Waals surface area contributed by atoms with Gasteiger partial charge in [0.05, 0.1) is 18.4 Å². The van der Waals surface area contributed by atoms with Gasteiger partial charge >= 0.3 is 0 Å². The van der Waals surface area contributed by atoms with Crippen LogP contribution in [0.25, 0.3) is 0 Å². The number of hydrogen-bond donors (Lipinski definition) is 0. The molecule has 148 valence electrons. The molecule has 1 unspecified atom stereocenters. The van der Waals surface area contributed by atoms with Gasteiger partial charge in [0.25, 0.3) is 0 Å². The average molecular weight is 397 g/mol. The normalized spacial score (nSPS) is 15.2. The van der Waals surface area contributed by atoms with Crippen molar-refractivity contribution in [3.63, 3.8) is 0 Å². The van der Waals surface area contributed by atoms with Gasteiger partial charge in [-0.05, 0) is 24.1 Å². The van der Waals surface area contributed by atoms with Crippen LogP contribution in [0.5, 0.6) is 5.88 Å². The lowest BCUT2D eigenvalue weighted by atomic mass is 10.0. The number of aromatic nitrogens is 2. The highest BCUT2D eigenvalue weighted by Crippen LogP contribution is 2.32. The minimum absolute atomic E-state index is 0.0607. The third-order valence-electron chi connectivity index (χ3n) is 4.28.